The highest BCUT2D eigenvalue weighted by molar-refractivity contribution is 7.99. The molecule has 8 nitrogen and oxygen atoms in total. The Morgan fingerprint density at radius 1 is 1.47 bits per heavy atom. The van der Waals surface area contributed by atoms with Crippen molar-refractivity contribution in [3.05, 3.63) is 22.1 Å². The van der Waals surface area contributed by atoms with Crippen molar-refractivity contribution < 1.29 is 14.7 Å². The quantitative estimate of drug-likeness (QED) is 0.622. The van der Waals surface area contributed by atoms with Crippen LogP contribution in [0.25, 0.3) is 0 Å². The van der Waals surface area contributed by atoms with Gasteiger partial charge >= 0.3 is 0 Å². The second-order valence-corrected chi connectivity index (χ2v) is 9.55. The van der Waals surface area contributed by atoms with Crippen molar-refractivity contribution in [2.24, 2.45) is 0 Å². The summed E-state index contributed by atoms with van der Waals surface area (Å²) >= 11 is 2.97. The Bertz CT molecular complexity index is 1060. The summed E-state index contributed by atoms with van der Waals surface area (Å²) in [5, 5.41) is 20.4. The third-order valence-electron chi connectivity index (χ3n) is 5.37. The van der Waals surface area contributed by atoms with E-state index in [1.165, 1.54) is 23.1 Å². The molecule has 1 aliphatic heterocycles. The molecule has 1 saturated carbocycles. The maximum absolute atomic E-state index is 13.0. The molecule has 1 fully saturated rings. The van der Waals surface area contributed by atoms with Gasteiger partial charge in [-0.2, -0.15) is 0 Å². The minimum absolute atomic E-state index is 0.0361. The normalized spacial score (nSPS) is 19.9. The Labute approximate surface area is 182 Å². The Morgan fingerprint density at radius 3 is 2.87 bits per heavy atom. The summed E-state index contributed by atoms with van der Waals surface area (Å²) in [7, 11) is 1.71. The number of amides is 2. The summed E-state index contributed by atoms with van der Waals surface area (Å²) in [6, 6.07) is -0.680. The van der Waals surface area contributed by atoms with Crippen molar-refractivity contribution in [1.82, 2.24) is 20.5 Å². The topological polar surface area (TPSA) is 111 Å². The highest BCUT2D eigenvalue weighted by Crippen LogP contribution is 2.44. The van der Waals surface area contributed by atoms with E-state index >= 15 is 0 Å². The van der Waals surface area contributed by atoms with E-state index < -0.39 is 17.6 Å². The first kappa shape index (κ1) is 20.9. The Hall–Kier alpha value is -2.35. The average Bonchev–Trinajstić information content (AvgIpc) is 3.29. The van der Waals surface area contributed by atoms with Gasteiger partial charge in [0.05, 0.1) is 4.88 Å². The van der Waals surface area contributed by atoms with Gasteiger partial charge in [-0.25, -0.2) is 4.98 Å². The van der Waals surface area contributed by atoms with E-state index in [2.05, 4.69) is 32.3 Å². The monoisotopic (exact) mass is 445 g/mol. The first-order chi connectivity index (χ1) is 14.3. The summed E-state index contributed by atoms with van der Waals surface area (Å²) < 4.78 is 0. The molecule has 3 heterocycles. The zero-order valence-corrected chi connectivity index (χ0v) is 18.7. The number of hydrogen-bond donors (Lipinski definition) is 3. The largest absolute Gasteiger partial charge is 0.378 e. The number of nitrogens with one attached hydrogen (secondary N) is 2. The number of fused-ring (bicyclic) bond motifs is 1. The fourth-order valence-corrected chi connectivity index (χ4v) is 5.78. The molecule has 1 aliphatic carbocycles. The third kappa shape index (κ3) is 3.85. The van der Waals surface area contributed by atoms with Crippen molar-refractivity contribution in [2.45, 2.75) is 56.1 Å². The van der Waals surface area contributed by atoms with Crippen LogP contribution >= 0.6 is 23.1 Å². The molecule has 0 saturated heterocycles. The second-order valence-electron chi connectivity index (χ2n) is 7.52. The fourth-order valence-electron chi connectivity index (χ4n) is 3.26. The highest BCUT2D eigenvalue weighted by Gasteiger charge is 2.34. The van der Waals surface area contributed by atoms with Gasteiger partial charge in [0.2, 0.25) is 5.82 Å². The zero-order valence-electron chi connectivity index (χ0n) is 17.0. The highest BCUT2D eigenvalue weighted by atomic mass is 32.2. The lowest BCUT2D eigenvalue weighted by Crippen LogP contribution is -2.48. The van der Waals surface area contributed by atoms with Crippen LogP contribution in [0.4, 0.5) is 5.00 Å². The number of anilines is 1. The smallest absolute Gasteiger partial charge is 0.291 e. The molecule has 0 radical (unpaired) electrons. The molecular formula is C20H23N5O3S2. The predicted octanol–water partition coefficient (Wildman–Crippen LogP) is 1.87. The lowest BCUT2D eigenvalue weighted by atomic mass is 9.81. The van der Waals surface area contributed by atoms with E-state index in [-0.39, 0.29) is 11.7 Å². The molecule has 0 unspecified atom stereocenters. The number of likely N-dealkylation sites (N-methyl/N-ethyl adjacent to an activating group) is 1. The molecule has 0 aromatic carbocycles. The summed E-state index contributed by atoms with van der Waals surface area (Å²) in [5.41, 5.74) is 0.138. The maximum atomic E-state index is 13.0. The third-order valence-corrected chi connectivity index (χ3v) is 8.07. The van der Waals surface area contributed by atoms with Crippen LogP contribution in [-0.4, -0.2) is 56.5 Å². The summed E-state index contributed by atoms with van der Waals surface area (Å²) in [6.45, 7) is 3.89. The molecule has 0 spiro atoms. The number of aromatic amines is 1. The Balaban J connectivity index is 1.52. The standard InChI is InChI=1S/C20H23N5O3S2/c1-4-14-22-16(24-23-14)17(26)21-12-10-29-15-11(2)13(6-9-20(28)7-5-8-20)30-19(15)25(3)18(12)27/h12,28H,4-5,7-8,10H2,1-3H3,(H,21,26)(H,22,23,24)/t12-/m0/s1. The minimum atomic E-state index is -0.865. The minimum Gasteiger partial charge on any atom is -0.378 e. The van der Waals surface area contributed by atoms with Crippen LogP contribution in [0.2, 0.25) is 0 Å². The van der Waals surface area contributed by atoms with Crippen LogP contribution in [0, 0.1) is 18.8 Å². The molecule has 2 amide bonds. The van der Waals surface area contributed by atoms with Crippen LogP contribution in [0.5, 0.6) is 0 Å². The van der Waals surface area contributed by atoms with Crippen LogP contribution < -0.4 is 10.2 Å². The van der Waals surface area contributed by atoms with Gasteiger partial charge in [0.15, 0.2) is 0 Å². The van der Waals surface area contributed by atoms with Crippen LogP contribution in [0.3, 0.4) is 0 Å². The van der Waals surface area contributed by atoms with E-state index in [0.717, 1.165) is 26.8 Å². The average molecular weight is 446 g/mol. The van der Waals surface area contributed by atoms with Gasteiger partial charge in [0.1, 0.15) is 22.5 Å². The van der Waals surface area contributed by atoms with E-state index in [9.17, 15) is 14.7 Å². The van der Waals surface area contributed by atoms with Gasteiger partial charge in [-0.15, -0.1) is 28.2 Å². The SMILES string of the molecule is CCc1nc(C(=O)N[C@H]2CSc3c(sc(C#CC4(O)CCC4)c3C)N(C)C2=O)n[nH]1. The number of nitrogens with zero attached hydrogens (tertiary/aromatic N) is 3. The molecular weight excluding hydrogens is 422 g/mol. The first-order valence-electron chi connectivity index (χ1n) is 9.83. The van der Waals surface area contributed by atoms with Crippen molar-refractivity contribution in [3.63, 3.8) is 0 Å². The maximum Gasteiger partial charge on any atom is 0.291 e. The molecule has 2 aliphatic rings. The number of aliphatic hydroxyl groups is 1. The molecule has 3 N–H and O–H groups in total. The first-order valence-corrected chi connectivity index (χ1v) is 11.6. The van der Waals surface area contributed by atoms with Gasteiger partial charge in [0.25, 0.3) is 11.8 Å². The van der Waals surface area contributed by atoms with Crippen LogP contribution in [0.15, 0.2) is 4.90 Å². The molecule has 0 bridgehead atoms. The lowest BCUT2D eigenvalue weighted by Gasteiger charge is -2.30. The van der Waals surface area contributed by atoms with Gasteiger partial charge in [-0.1, -0.05) is 18.8 Å². The van der Waals surface area contributed by atoms with Gasteiger partial charge < -0.3 is 15.3 Å². The van der Waals surface area contributed by atoms with E-state index in [1.807, 2.05) is 13.8 Å². The van der Waals surface area contributed by atoms with Crippen molar-refractivity contribution >= 4 is 39.9 Å². The van der Waals surface area contributed by atoms with E-state index in [4.69, 9.17) is 0 Å². The number of hydrogen-bond acceptors (Lipinski definition) is 7. The van der Waals surface area contributed by atoms with Crippen LogP contribution in [-0.2, 0) is 11.2 Å². The number of aryl methyl sites for hydroxylation is 1. The molecule has 1 atom stereocenters. The number of carbonyl (C=O) groups excluding carboxylic acids is 2. The van der Waals surface area contributed by atoms with E-state index in [1.54, 1.807) is 11.9 Å². The fraction of sp³-hybridized carbons (Fsp3) is 0.500. The number of H-pyrrole nitrogens is 1. The summed E-state index contributed by atoms with van der Waals surface area (Å²) in [6.07, 6.45) is 3.06. The lowest BCUT2D eigenvalue weighted by molar-refractivity contribution is -0.119. The zero-order chi connectivity index (χ0) is 21.5. The van der Waals surface area contributed by atoms with Crippen molar-refractivity contribution in [3.8, 4) is 11.8 Å². The number of carbonyl (C=O) groups is 2. The molecule has 158 valence electrons. The number of aromatic nitrogens is 3. The summed E-state index contributed by atoms with van der Waals surface area (Å²) in [4.78, 5) is 33.0. The summed E-state index contributed by atoms with van der Waals surface area (Å²) in [5.74, 6) is 6.51. The van der Waals surface area contributed by atoms with Gasteiger partial charge in [-0.05, 0) is 31.7 Å². The second kappa shape index (κ2) is 8.06. The molecule has 10 heteroatoms. The number of thioether (sulfide) groups is 1. The molecule has 4 rings (SSSR count). The van der Waals surface area contributed by atoms with E-state index in [0.29, 0.717) is 30.8 Å². The van der Waals surface area contributed by atoms with Crippen LogP contribution in [0.1, 0.15) is 53.1 Å². The Morgan fingerprint density at radius 2 is 2.23 bits per heavy atom. The van der Waals surface area contributed by atoms with Gasteiger partial charge in [0, 0.05) is 24.1 Å². The van der Waals surface area contributed by atoms with Gasteiger partial charge in [-0.3, -0.25) is 14.7 Å². The number of rotatable bonds is 3. The number of thiophene rings is 1. The molecule has 30 heavy (non-hydrogen) atoms. The molecule has 2 aromatic heterocycles. The Kier molecular flexibility index (Phi) is 5.61. The van der Waals surface area contributed by atoms with Crippen molar-refractivity contribution in [1.29, 1.82) is 0 Å². The molecule has 2 aromatic rings. The predicted molar refractivity (Wildman–Crippen MR) is 116 cm³/mol. The van der Waals surface area contributed by atoms with Crippen molar-refractivity contribution in [2.75, 3.05) is 17.7 Å².